The lowest BCUT2D eigenvalue weighted by atomic mass is 10.1. The minimum atomic E-state index is 0.387. The summed E-state index contributed by atoms with van der Waals surface area (Å²) >= 11 is 0. The van der Waals surface area contributed by atoms with Crippen LogP contribution >= 0.6 is 0 Å². The van der Waals surface area contributed by atoms with Crippen molar-refractivity contribution < 1.29 is 0 Å². The van der Waals surface area contributed by atoms with Gasteiger partial charge in [0, 0.05) is 18.3 Å². The van der Waals surface area contributed by atoms with Gasteiger partial charge in [-0.1, -0.05) is 38.5 Å². The fraction of sp³-hybridized carbons (Fsp3) is 0.0714. The molecule has 2 nitrogen and oxygen atoms in total. The first-order valence-corrected chi connectivity index (χ1v) is 4.71. The first kappa shape index (κ1) is 13.7. The summed E-state index contributed by atoms with van der Waals surface area (Å²) in [6.07, 6.45) is 6.93. The number of likely N-dealkylation sites (N-methyl/N-ethyl adjacent to an activating group) is 1. The third-order valence-electron chi connectivity index (χ3n) is 1.85. The highest BCUT2D eigenvalue weighted by Gasteiger charge is 1.92. The molecule has 0 atom stereocenters. The molecule has 82 valence electrons. The van der Waals surface area contributed by atoms with Gasteiger partial charge in [-0.25, -0.2) is 0 Å². The van der Waals surface area contributed by atoms with Gasteiger partial charge < -0.3 is 5.32 Å². The van der Waals surface area contributed by atoms with Crippen LogP contribution < -0.4 is 5.32 Å². The van der Waals surface area contributed by atoms with Crippen molar-refractivity contribution in [1.29, 1.82) is 5.26 Å². The van der Waals surface area contributed by atoms with Gasteiger partial charge in [0.1, 0.15) is 0 Å². The minimum absolute atomic E-state index is 0.387. The molecule has 0 aromatic carbocycles. The smallest absolute Gasteiger partial charge is 0.0985 e. The van der Waals surface area contributed by atoms with E-state index in [2.05, 4.69) is 31.6 Å². The molecule has 2 heteroatoms. The van der Waals surface area contributed by atoms with Gasteiger partial charge in [0.15, 0.2) is 0 Å². The molecule has 0 aromatic rings. The number of hydrogen-bond acceptors (Lipinski definition) is 2. The summed E-state index contributed by atoms with van der Waals surface area (Å²) in [5.74, 6) is 0. The van der Waals surface area contributed by atoms with Crippen LogP contribution in [0.15, 0.2) is 73.0 Å². The van der Waals surface area contributed by atoms with Gasteiger partial charge in [-0.05, 0) is 23.3 Å². The van der Waals surface area contributed by atoms with E-state index in [4.69, 9.17) is 5.26 Å². The lowest BCUT2D eigenvalue weighted by molar-refractivity contribution is 1.04. The van der Waals surface area contributed by atoms with Crippen LogP contribution in [-0.2, 0) is 0 Å². The zero-order chi connectivity index (χ0) is 12.6. The Morgan fingerprint density at radius 3 is 1.94 bits per heavy atom. The molecule has 0 bridgehead atoms. The second-order valence-corrected chi connectivity index (χ2v) is 3.13. The lowest BCUT2D eigenvalue weighted by Crippen LogP contribution is -2.00. The zero-order valence-corrected chi connectivity index (χ0v) is 9.59. The average Bonchev–Trinajstić information content (AvgIpc) is 2.31. The second-order valence-electron chi connectivity index (χ2n) is 3.13. The van der Waals surface area contributed by atoms with E-state index in [0.29, 0.717) is 5.57 Å². The number of rotatable bonds is 6. The Hall–Kier alpha value is -2.27. The van der Waals surface area contributed by atoms with Crippen LogP contribution in [-0.4, -0.2) is 7.05 Å². The molecule has 0 saturated heterocycles. The normalized spacial score (nSPS) is 10.0. The Morgan fingerprint density at radius 2 is 1.50 bits per heavy atom. The van der Waals surface area contributed by atoms with Crippen molar-refractivity contribution in [3.8, 4) is 6.07 Å². The van der Waals surface area contributed by atoms with Crippen LogP contribution in [0.3, 0.4) is 0 Å². The largest absolute Gasteiger partial charge is 0.389 e. The van der Waals surface area contributed by atoms with Crippen molar-refractivity contribution in [3.63, 3.8) is 0 Å². The fourth-order valence-corrected chi connectivity index (χ4v) is 0.737. The first-order valence-electron chi connectivity index (χ1n) is 4.71. The van der Waals surface area contributed by atoms with Crippen molar-refractivity contribution in [2.45, 2.75) is 0 Å². The van der Waals surface area contributed by atoms with Crippen LogP contribution in [0.5, 0.6) is 0 Å². The van der Waals surface area contributed by atoms with E-state index in [1.54, 1.807) is 31.4 Å². The third-order valence-corrected chi connectivity index (χ3v) is 1.85. The van der Waals surface area contributed by atoms with Gasteiger partial charge in [-0.2, -0.15) is 5.26 Å². The number of nitrogens with one attached hydrogen (secondary N) is 1. The summed E-state index contributed by atoms with van der Waals surface area (Å²) in [6, 6.07) is 1.92. The standard InChI is InChI=1S/C14H16N2/c1-11(10-15)6-7-12(2)13(3)8-9-14(4)16-5/h6-9,16H,1-4H2,5H3/b7-6-,9-8-. The second kappa shape index (κ2) is 7.08. The Kier molecular flexibility index (Phi) is 6.07. The summed E-state index contributed by atoms with van der Waals surface area (Å²) in [5.41, 5.74) is 2.67. The summed E-state index contributed by atoms with van der Waals surface area (Å²) < 4.78 is 0. The van der Waals surface area contributed by atoms with E-state index in [1.165, 1.54) is 0 Å². The fourth-order valence-electron chi connectivity index (χ4n) is 0.737. The predicted molar refractivity (Wildman–Crippen MR) is 69.5 cm³/mol. The molecule has 0 heterocycles. The molecule has 0 aromatic heterocycles. The molecule has 0 rings (SSSR count). The number of nitriles is 1. The monoisotopic (exact) mass is 212 g/mol. The van der Waals surface area contributed by atoms with E-state index >= 15 is 0 Å². The summed E-state index contributed by atoms with van der Waals surface area (Å²) in [6.45, 7) is 15.0. The molecule has 1 N–H and O–H groups in total. The van der Waals surface area contributed by atoms with Gasteiger partial charge in [0.05, 0.1) is 6.07 Å². The van der Waals surface area contributed by atoms with E-state index in [9.17, 15) is 0 Å². The number of allylic oxidation sites excluding steroid dienone is 7. The predicted octanol–water partition coefficient (Wildman–Crippen LogP) is 3.02. The van der Waals surface area contributed by atoms with E-state index < -0.39 is 0 Å². The van der Waals surface area contributed by atoms with Crippen LogP contribution in [0.4, 0.5) is 0 Å². The zero-order valence-electron chi connectivity index (χ0n) is 9.59. The lowest BCUT2D eigenvalue weighted by Gasteiger charge is -2.00. The van der Waals surface area contributed by atoms with E-state index in [1.807, 2.05) is 6.07 Å². The van der Waals surface area contributed by atoms with Crippen LogP contribution in [0.2, 0.25) is 0 Å². The molecule has 0 aliphatic carbocycles. The molecular formula is C14H16N2. The first-order chi connectivity index (χ1) is 7.51. The molecule has 0 unspecified atom stereocenters. The van der Waals surface area contributed by atoms with Crippen molar-refractivity contribution in [2.24, 2.45) is 0 Å². The third kappa shape index (κ3) is 5.46. The highest BCUT2D eigenvalue weighted by molar-refractivity contribution is 5.46. The Bertz CT molecular complexity index is 415. The molecule has 0 saturated carbocycles. The molecule has 0 aliphatic heterocycles. The maximum absolute atomic E-state index is 8.51. The summed E-state index contributed by atoms with van der Waals surface area (Å²) in [4.78, 5) is 0. The Balaban J connectivity index is 4.43. The number of hydrogen-bond donors (Lipinski definition) is 1. The molecule has 0 fully saturated rings. The van der Waals surface area contributed by atoms with E-state index in [0.717, 1.165) is 16.8 Å². The maximum Gasteiger partial charge on any atom is 0.0985 e. The van der Waals surface area contributed by atoms with Gasteiger partial charge >= 0.3 is 0 Å². The average molecular weight is 212 g/mol. The quantitative estimate of drug-likeness (QED) is 0.542. The highest BCUT2D eigenvalue weighted by atomic mass is 14.8. The Labute approximate surface area is 97.3 Å². The van der Waals surface area contributed by atoms with Crippen LogP contribution in [0, 0.1) is 11.3 Å². The maximum atomic E-state index is 8.51. The molecular weight excluding hydrogens is 196 g/mol. The van der Waals surface area contributed by atoms with Crippen molar-refractivity contribution in [2.75, 3.05) is 7.05 Å². The molecule has 0 amide bonds. The highest BCUT2D eigenvalue weighted by Crippen LogP contribution is 2.10. The number of nitrogens with zero attached hydrogens (tertiary/aromatic N) is 1. The SMILES string of the molecule is C=C(C#N)/C=C\C(=C)C(=C)/C=C\C(=C)NC. The van der Waals surface area contributed by atoms with Gasteiger partial charge in [0.25, 0.3) is 0 Å². The minimum Gasteiger partial charge on any atom is -0.389 e. The topological polar surface area (TPSA) is 35.8 Å². The van der Waals surface area contributed by atoms with Crippen molar-refractivity contribution >= 4 is 0 Å². The molecule has 16 heavy (non-hydrogen) atoms. The Morgan fingerprint density at radius 1 is 1.00 bits per heavy atom. The van der Waals surface area contributed by atoms with Gasteiger partial charge in [0.2, 0.25) is 0 Å². The molecule has 0 spiro atoms. The van der Waals surface area contributed by atoms with Gasteiger partial charge in [-0.3, -0.25) is 0 Å². The molecule has 0 radical (unpaired) electrons. The summed E-state index contributed by atoms with van der Waals surface area (Å²) in [7, 11) is 1.79. The molecule has 0 aliphatic rings. The van der Waals surface area contributed by atoms with Crippen molar-refractivity contribution in [1.82, 2.24) is 5.32 Å². The van der Waals surface area contributed by atoms with Crippen molar-refractivity contribution in [3.05, 3.63) is 73.0 Å². The van der Waals surface area contributed by atoms with Crippen LogP contribution in [0.1, 0.15) is 0 Å². The van der Waals surface area contributed by atoms with Gasteiger partial charge in [-0.15, -0.1) is 0 Å². The van der Waals surface area contributed by atoms with Crippen LogP contribution in [0.25, 0.3) is 0 Å². The summed E-state index contributed by atoms with van der Waals surface area (Å²) in [5, 5.41) is 11.4. The van der Waals surface area contributed by atoms with E-state index in [-0.39, 0.29) is 0 Å².